The molecule has 5 nitrogen and oxygen atoms in total. The zero-order chi connectivity index (χ0) is 22.8. The summed E-state index contributed by atoms with van der Waals surface area (Å²) < 4.78 is 66.1. The molecule has 0 heterocycles. The Kier molecular flexibility index (Phi) is 6.08. The maximum absolute atomic E-state index is 12.9. The zero-order valence-electron chi connectivity index (χ0n) is 16.6. The number of amides is 1. The third kappa shape index (κ3) is 5.43. The summed E-state index contributed by atoms with van der Waals surface area (Å²) in [6.07, 6.45) is -4.59. The van der Waals surface area contributed by atoms with Crippen molar-refractivity contribution < 1.29 is 26.4 Å². The number of carbonyl (C=O) groups is 1. The van der Waals surface area contributed by atoms with Crippen LogP contribution in [0.15, 0.2) is 71.6 Å². The molecule has 9 heteroatoms. The molecule has 0 spiro atoms. The van der Waals surface area contributed by atoms with Crippen molar-refractivity contribution in [2.45, 2.75) is 24.9 Å². The second-order valence-corrected chi connectivity index (χ2v) is 8.64. The molecule has 0 aliphatic heterocycles. The molecule has 0 radical (unpaired) electrons. The Morgan fingerprint density at radius 1 is 0.871 bits per heavy atom. The summed E-state index contributed by atoms with van der Waals surface area (Å²) in [4.78, 5) is 12.2. The van der Waals surface area contributed by atoms with Crippen molar-refractivity contribution in [3.8, 4) is 0 Å². The van der Waals surface area contributed by atoms with Crippen LogP contribution in [-0.2, 0) is 16.2 Å². The lowest BCUT2D eigenvalue weighted by molar-refractivity contribution is -0.137. The molecule has 162 valence electrons. The molecule has 1 amide bonds. The maximum atomic E-state index is 12.9. The van der Waals surface area contributed by atoms with Gasteiger partial charge in [-0.1, -0.05) is 23.8 Å². The van der Waals surface area contributed by atoms with Gasteiger partial charge in [0.05, 0.1) is 10.5 Å². The molecule has 0 atom stereocenters. The van der Waals surface area contributed by atoms with Gasteiger partial charge in [-0.2, -0.15) is 13.2 Å². The van der Waals surface area contributed by atoms with Crippen LogP contribution in [0.2, 0.25) is 0 Å². The number of halogens is 3. The van der Waals surface area contributed by atoms with Gasteiger partial charge in [-0.3, -0.25) is 9.52 Å². The second-order valence-electron chi connectivity index (χ2n) is 6.98. The van der Waals surface area contributed by atoms with E-state index < -0.39 is 21.8 Å². The van der Waals surface area contributed by atoms with Gasteiger partial charge in [-0.25, -0.2) is 8.42 Å². The molecule has 0 aromatic heterocycles. The summed E-state index contributed by atoms with van der Waals surface area (Å²) >= 11 is 0. The summed E-state index contributed by atoms with van der Waals surface area (Å²) in [6, 6.07) is 15.1. The highest BCUT2D eigenvalue weighted by molar-refractivity contribution is 7.92. The lowest BCUT2D eigenvalue weighted by Gasteiger charge is -2.14. The molecule has 0 unspecified atom stereocenters. The average Bonchev–Trinajstić information content (AvgIpc) is 2.67. The number of benzene rings is 3. The number of hydrogen-bond donors (Lipinski definition) is 2. The van der Waals surface area contributed by atoms with Crippen LogP contribution in [0.4, 0.5) is 24.5 Å². The highest BCUT2D eigenvalue weighted by Crippen LogP contribution is 2.31. The number of sulfonamides is 1. The van der Waals surface area contributed by atoms with Crippen LogP contribution in [0.3, 0.4) is 0 Å². The minimum absolute atomic E-state index is 0.113. The maximum Gasteiger partial charge on any atom is 0.416 e. The largest absolute Gasteiger partial charge is 0.416 e. The highest BCUT2D eigenvalue weighted by Gasteiger charge is 2.30. The average molecular weight is 448 g/mol. The number of hydrogen-bond acceptors (Lipinski definition) is 3. The summed E-state index contributed by atoms with van der Waals surface area (Å²) in [7, 11) is -4.14. The van der Waals surface area contributed by atoms with Crippen LogP contribution in [0.25, 0.3) is 0 Å². The van der Waals surface area contributed by atoms with Crippen LogP contribution in [0, 0.1) is 13.8 Å². The molecular weight excluding hydrogens is 429 g/mol. The Labute approximate surface area is 178 Å². The number of alkyl halides is 3. The van der Waals surface area contributed by atoms with Crippen LogP contribution in [0.1, 0.15) is 27.0 Å². The molecule has 0 aliphatic carbocycles. The van der Waals surface area contributed by atoms with Gasteiger partial charge in [0.2, 0.25) is 0 Å². The molecule has 0 bridgehead atoms. The molecule has 2 N–H and O–H groups in total. The van der Waals surface area contributed by atoms with Gasteiger partial charge >= 0.3 is 6.18 Å². The van der Waals surface area contributed by atoms with Crippen LogP contribution < -0.4 is 10.0 Å². The van der Waals surface area contributed by atoms with Crippen molar-refractivity contribution >= 4 is 27.3 Å². The fourth-order valence-electron chi connectivity index (χ4n) is 2.91. The molecule has 3 rings (SSSR count). The lowest BCUT2D eigenvalue weighted by atomic mass is 10.1. The summed E-state index contributed by atoms with van der Waals surface area (Å²) in [6.45, 7) is 3.43. The Morgan fingerprint density at radius 3 is 2.16 bits per heavy atom. The second kappa shape index (κ2) is 8.43. The van der Waals surface area contributed by atoms with E-state index in [2.05, 4.69) is 10.0 Å². The van der Waals surface area contributed by atoms with Crippen molar-refractivity contribution in [2.24, 2.45) is 0 Å². The van der Waals surface area contributed by atoms with Crippen molar-refractivity contribution in [2.75, 3.05) is 10.0 Å². The van der Waals surface area contributed by atoms with Crippen LogP contribution >= 0.6 is 0 Å². The van der Waals surface area contributed by atoms with Gasteiger partial charge in [0.25, 0.3) is 15.9 Å². The third-order valence-electron chi connectivity index (χ3n) is 4.48. The first-order valence-electron chi connectivity index (χ1n) is 9.14. The van der Waals surface area contributed by atoms with E-state index >= 15 is 0 Å². The molecule has 31 heavy (non-hydrogen) atoms. The van der Waals surface area contributed by atoms with E-state index in [1.807, 2.05) is 6.92 Å². The van der Waals surface area contributed by atoms with Gasteiger partial charge in [0.1, 0.15) is 0 Å². The number of anilines is 2. The fraction of sp³-hybridized carbons (Fsp3) is 0.136. The van der Waals surface area contributed by atoms with E-state index in [1.54, 1.807) is 24.3 Å². The Morgan fingerprint density at radius 2 is 1.55 bits per heavy atom. The number of rotatable bonds is 5. The first-order valence-corrected chi connectivity index (χ1v) is 10.6. The summed E-state index contributed by atoms with van der Waals surface area (Å²) in [5.74, 6) is -0.350. The minimum atomic E-state index is -4.59. The van der Waals surface area contributed by atoms with Crippen molar-refractivity contribution in [3.63, 3.8) is 0 Å². The van der Waals surface area contributed by atoms with Gasteiger partial charge in [0.15, 0.2) is 0 Å². The van der Waals surface area contributed by atoms with E-state index in [1.165, 1.54) is 31.2 Å². The standard InChI is InChI=1S/C22H19F3N2O3S/c1-14-6-8-16(9-7-14)21(28)26-18-10-11-20(15(2)12-18)31(29,30)27-19-5-3-4-17(13-19)22(23,24)25/h3-13,27H,1-2H3,(H,26,28). The normalized spacial score (nSPS) is 11.8. The first kappa shape index (κ1) is 22.4. The summed E-state index contributed by atoms with van der Waals surface area (Å²) in [5.41, 5.74) is 1.01. The highest BCUT2D eigenvalue weighted by atomic mass is 32.2. The molecule has 3 aromatic carbocycles. The quantitative estimate of drug-likeness (QED) is 0.551. The van der Waals surface area contributed by atoms with E-state index in [-0.39, 0.29) is 16.5 Å². The number of aryl methyl sites for hydroxylation is 2. The van der Waals surface area contributed by atoms with E-state index in [4.69, 9.17) is 0 Å². The molecule has 0 fully saturated rings. The van der Waals surface area contributed by atoms with E-state index in [0.29, 0.717) is 16.8 Å². The molecule has 3 aromatic rings. The molecule has 0 saturated heterocycles. The SMILES string of the molecule is Cc1ccc(C(=O)Nc2ccc(S(=O)(=O)Nc3cccc(C(F)(F)F)c3)c(C)c2)cc1. The predicted octanol–water partition coefficient (Wildman–Crippen LogP) is 5.38. The van der Waals surface area contributed by atoms with Gasteiger partial charge in [-0.15, -0.1) is 0 Å². The van der Waals surface area contributed by atoms with Crippen molar-refractivity contribution in [3.05, 3.63) is 89.0 Å². The Bertz CT molecular complexity index is 1220. The predicted molar refractivity (Wildman–Crippen MR) is 113 cm³/mol. The Balaban J connectivity index is 1.80. The third-order valence-corrected chi connectivity index (χ3v) is 6.02. The zero-order valence-corrected chi connectivity index (χ0v) is 17.4. The lowest BCUT2D eigenvalue weighted by Crippen LogP contribution is -2.16. The molecule has 0 aliphatic rings. The van der Waals surface area contributed by atoms with Gasteiger partial charge in [0, 0.05) is 16.9 Å². The smallest absolute Gasteiger partial charge is 0.322 e. The number of nitrogens with one attached hydrogen (secondary N) is 2. The molecular formula is C22H19F3N2O3S. The first-order chi connectivity index (χ1) is 14.5. The van der Waals surface area contributed by atoms with Crippen LogP contribution in [-0.4, -0.2) is 14.3 Å². The number of carbonyl (C=O) groups excluding carboxylic acids is 1. The van der Waals surface area contributed by atoms with E-state index in [0.717, 1.165) is 23.8 Å². The summed E-state index contributed by atoms with van der Waals surface area (Å²) in [5, 5.41) is 2.69. The van der Waals surface area contributed by atoms with Crippen molar-refractivity contribution in [1.82, 2.24) is 0 Å². The van der Waals surface area contributed by atoms with Crippen LogP contribution in [0.5, 0.6) is 0 Å². The molecule has 0 saturated carbocycles. The van der Waals surface area contributed by atoms with Crippen molar-refractivity contribution in [1.29, 1.82) is 0 Å². The topological polar surface area (TPSA) is 75.3 Å². The van der Waals surface area contributed by atoms with Gasteiger partial charge in [-0.05, 0) is 67.9 Å². The van der Waals surface area contributed by atoms with E-state index in [9.17, 15) is 26.4 Å². The fourth-order valence-corrected chi connectivity index (χ4v) is 4.18. The minimum Gasteiger partial charge on any atom is -0.322 e. The Hall–Kier alpha value is -3.33. The van der Waals surface area contributed by atoms with Gasteiger partial charge < -0.3 is 5.32 Å². The monoisotopic (exact) mass is 448 g/mol.